The molecular weight excluding hydrogens is 544 g/mol. The maximum atomic E-state index is 13.2. The van der Waals surface area contributed by atoms with Crippen molar-refractivity contribution in [1.29, 1.82) is 5.26 Å². The molecule has 0 radical (unpaired) electrons. The number of hydrogen-bond donors (Lipinski definition) is 1. The molecule has 1 aliphatic heterocycles. The molecule has 2 fully saturated rings. The first-order valence-corrected chi connectivity index (χ1v) is 12.9. The van der Waals surface area contributed by atoms with Gasteiger partial charge >= 0.3 is 12.4 Å². The predicted octanol–water partition coefficient (Wildman–Crippen LogP) is 5.88. The summed E-state index contributed by atoms with van der Waals surface area (Å²) in [6, 6.07) is 7.64. The monoisotopic (exact) mass is 571 g/mol. The van der Waals surface area contributed by atoms with Crippen LogP contribution in [0.25, 0.3) is 0 Å². The van der Waals surface area contributed by atoms with E-state index in [0.717, 1.165) is 37.8 Å². The topological polar surface area (TPSA) is 64.4 Å². The van der Waals surface area contributed by atoms with Crippen molar-refractivity contribution < 1.29 is 31.1 Å². The van der Waals surface area contributed by atoms with Gasteiger partial charge in [0.25, 0.3) is 0 Å². The van der Waals surface area contributed by atoms with Crippen molar-refractivity contribution in [3.63, 3.8) is 0 Å². The van der Waals surface area contributed by atoms with Crippen LogP contribution in [0.15, 0.2) is 36.5 Å². The van der Waals surface area contributed by atoms with Crippen molar-refractivity contribution in [2.75, 3.05) is 43.0 Å². The molecule has 2 aliphatic rings. The first kappa shape index (κ1) is 28.9. The van der Waals surface area contributed by atoms with Gasteiger partial charge in [-0.05, 0) is 56.0 Å². The van der Waals surface area contributed by atoms with E-state index in [1.54, 1.807) is 6.07 Å². The zero-order chi connectivity index (χ0) is 28.2. The highest BCUT2D eigenvalue weighted by atomic mass is 32.1. The minimum absolute atomic E-state index is 0.00131. The van der Waals surface area contributed by atoms with Crippen LogP contribution in [0, 0.1) is 11.3 Å². The van der Waals surface area contributed by atoms with E-state index in [9.17, 15) is 26.3 Å². The van der Waals surface area contributed by atoms with Gasteiger partial charge < -0.3 is 19.9 Å². The van der Waals surface area contributed by atoms with Crippen molar-refractivity contribution in [3.8, 4) is 6.07 Å². The largest absolute Gasteiger partial charge is 0.433 e. The quantitative estimate of drug-likeness (QED) is 0.343. The second kappa shape index (κ2) is 12.0. The van der Waals surface area contributed by atoms with Crippen LogP contribution in [0.5, 0.6) is 0 Å². The standard InChI is InChI=1S/C26H27F6N5OS/c27-25(28,29)22-13-19(2-1-17(22)14-33)35-18-3-6-21(7-4-18)38-16-24(39)37-11-9-36(10-12-37)20-5-8-23(34-15-20)26(30,31)32/h1-2,5,8,13,15,18,21,35H,3-4,6-7,9-12,16H2/t18-,21-. The third-order valence-corrected chi connectivity index (χ3v) is 7.34. The Kier molecular flexibility index (Phi) is 8.86. The molecule has 13 heteroatoms. The Hall–Kier alpha value is -3.11. The number of thiocarbonyl (C=S) groups is 1. The molecule has 0 spiro atoms. The van der Waals surface area contributed by atoms with Crippen LogP contribution in [0.4, 0.5) is 37.7 Å². The Morgan fingerprint density at radius 2 is 1.69 bits per heavy atom. The SMILES string of the molecule is N#Cc1ccc(N[C@H]2CC[C@H](OCC(=S)N3CCN(c4ccc(C(F)(F)F)nc4)CC3)CC2)cc1C(F)(F)F. The smallest absolute Gasteiger partial charge is 0.382 e. The molecule has 0 amide bonds. The second-order valence-corrected chi connectivity index (χ2v) is 10.0. The van der Waals surface area contributed by atoms with Crippen molar-refractivity contribution in [3.05, 3.63) is 53.3 Å². The number of benzene rings is 1. The molecule has 1 N–H and O–H groups in total. The predicted molar refractivity (Wildman–Crippen MR) is 137 cm³/mol. The number of nitrogens with zero attached hydrogens (tertiary/aromatic N) is 4. The van der Waals surface area contributed by atoms with Gasteiger partial charge in [0.2, 0.25) is 0 Å². The molecule has 1 saturated heterocycles. The Bertz CT molecular complexity index is 1180. The first-order valence-electron chi connectivity index (χ1n) is 12.5. The summed E-state index contributed by atoms with van der Waals surface area (Å²) >= 11 is 5.55. The fourth-order valence-corrected chi connectivity index (χ4v) is 5.06. The second-order valence-electron chi connectivity index (χ2n) is 9.57. The first-order chi connectivity index (χ1) is 18.4. The van der Waals surface area contributed by atoms with Crippen LogP contribution >= 0.6 is 12.2 Å². The van der Waals surface area contributed by atoms with Gasteiger partial charge in [0.15, 0.2) is 0 Å². The van der Waals surface area contributed by atoms with E-state index in [-0.39, 0.29) is 18.8 Å². The lowest BCUT2D eigenvalue weighted by Crippen LogP contribution is -2.49. The molecule has 1 aromatic heterocycles. The maximum Gasteiger partial charge on any atom is 0.433 e. The van der Waals surface area contributed by atoms with Gasteiger partial charge in [-0.2, -0.15) is 31.6 Å². The highest BCUT2D eigenvalue weighted by Crippen LogP contribution is 2.34. The summed E-state index contributed by atoms with van der Waals surface area (Å²) in [7, 11) is 0. The van der Waals surface area contributed by atoms with Crippen LogP contribution in [-0.2, 0) is 17.1 Å². The summed E-state index contributed by atoms with van der Waals surface area (Å²) in [6.07, 6.45) is -4.93. The summed E-state index contributed by atoms with van der Waals surface area (Å²) in [5.41, 5.74) is -1.31. The van der Waals surface area contributed by atoms with Gasteiger partial charge in [-0.3, -0.25) is 0 Å². The van der Waals surface area contributed by atoms with Crippen molar-refractivity contribution in [2.24, 2.45) is 0 Å². The van der Waals surface area contributed by atoms with Crippen LogP contribution < -0.4 is 10.2 Å². The maximum absolute atomic E-state index is 13.2. The number of pyridine rings is 1. The zero-order valence-corrected chi connectivity index (χ0v) is 21.7. The van der Waals surface area contributed by atoms with Crippen LogP contribution in [0.3, 0.4) is 0 Å². The zero-order valence-electron chi connectivity index (χ0n) is 20.9. The molecule has 0 atom stereocenters. The third-order valence-electron chi connectivity index (χ3n) is 6.97. The average Bonchev–Trinajstić information content (AvgIpc) is 2.91. The number of ether oxygens (including phenoxy) is 1. The number of nitrogens with one attached hydrogen (secondary N) is 1. The van der Waals surface area contributed by atoms with E-state index >= 15 is 0 Å². The van der Waals surface area contributed by atoms with Crippen LogP contribution in [-0.4, -0.2) is 59.8 Å². The molecular formula is C26H27F6N5OS. The van der Waals surface area contributed by atoms with Crippen LogP contribution in [0.2, 0.25) is 0 Å². The lowest BCUT2D eigenvalue weighted by molar-refractivity contribution is -0.141. The summed E-state index contributed by atoms with van der Waals surface area (Å²) in [5.74, 6) is 0. The van der Waals surface area contributed by atoms with Gasteiger partial charge in [0.1, 0.15) is 10.7 Å². The Morgan fingerprint density at radius 1 is 1.00 bits per heavy atom. The molecule has 4 rings (SSSR count). The Balaban J connectivity index is 1.18. The number of aromatic nitrogens is 1. The van der Waals surface area contributed by atoms with Gasteiger partial charge in [-0.1, -0.05) is 12.2 Å². The summed E-state index contributed by atoms with van der Waals surface area (Å²) in [4.78, 5) is 8.18. The number of piperazine rings is 1. The van der Waals surface area contributed by atoms with Crippen molar-refractivity contribution in [1.82, 2.24) is 9.88 Å². The minimum atomic E-state index is -4.60. The third kappa shape index (κ3) is 7.51. The number of nitriles is 1. The summed E-state index contributed by atoms with van der Waals surface area (Å²) < 4.78 is 83.9. The number of halogens is 6. The molecule has 6 nitrogen and oxygen atoms in total. The van der Waals surface area contributed by atoms with E-state index in [1.165, 1.54) is 24.4 Å². The normalized spacial score (nSPS) is 20.4. The van der Waals surface area contributed by atoms with Gasteiger partial charge in [-0.15, -0.1) is 0 Å². The highest BCUT2D eigenvalue weighted by molar-refractivity contribution is 7.80. The van der Waals surface area contributed by atoms with Crippen LogP contribution in [0.1, 0.15) is 42.5 Å². The number of anilines is 2. The fourth-order valence-electron chi connectivity index (χ4n) is 4.81. The van der Waals surface area contributed by atoms with E-state index in [2.05, 4.69) is 10.3 Å². The Labute approximate surface area is 227 Å². The minimum Gasteiger partial charge on any atom is -0.382 e. The van der Waals surface area contributed by atoms with E-state index in [1.807, 2.05) is 9.80 Å². The average molecular weight is 572 g/mol. The molecule has 0 unspecified atom stereocenters. The molecule has 210 valence electrons. The molecule has 0 bridgehead atoms. The van der Waals surface area contributed by atoms with E-state index in [0.29, 0.717) is 42.5 Å². The van der Waals surface area contributed by atoms with Gasteiger partial charge in [0, 0.05) is 37.9 Å². The van der Waals surface area contributed by atoms with Gasteiger partial charge in [-0.25, -0.2) is 4.98 Å². The molecule has 2 heterocycles. The molecule has 2 aromatic rings. The lowest BCUT2D eigenvalue weighted by Gasteiger charge is -2.37. The molecule has 1 aromatic carbocycles. The summed E-state index contributed by atoms with van der Waals surface area (Å²) in [5, 5.41) is 12.1. The number of alkyl halides is 6. The number of hydrogen-bond acceptors (Lipinski definition) is 6. The Morgan fingerprint density at radius 3 is 2.26 bits per heavy atom. The van der Waals surface area contributed by atoms with E-state index in [4.69, 9.17) is 22.2 Å². The fraction of sp³-hybridized carbons (Fsp3) is 0.500. The molecule has 1 saturated carbocycles. The lowest BCUT2D eigenvalue weighted by atomic mass is 9.92. The van der Waals surface area contributed by atoms with E-state index < -0.39 is 29.2 Å². The number of rotatable bonds is 6. The molecule has 39 heavy (non-hydrogen) atoms. The molecule has 1 aliphatic carbocycles. The van der Waals surface area contributed by atoms with Gasteiger partial charge in [0.05, 0.1) is 41.8 Å². The summed E-state index contributed by atoms with van der Waals surface area (Å²) in [6.45, 7) is 2.70. The van der Waals surface area contributed by atoms with Crippen molar-refractivity contribution in [2.45, 2.75) is 50.2 Å². The van der Waals surface area contributed by atoms with Crippen molar-refractivity contribution >= 4 is 28.6 Å². The highest BCUT2D eigenvalue weighted by Gasteiger charge is 2.34.